The Labute approximate surface area is 707 Å². The molecule has 0 spiro atoms. The van der Waals surface area contributed by atoms with Gasteiger partial charge >= 0.3 is 0 Å². The van der Waals surface area contributed by atoms with Crippen LogP contribution >= 0.6 is 35.3 Å². The van der Waals surface area contributed by atoms with Gasteiger partial charge in [-0.3, -0.25) is 24.0 Å². The predicted molar refractivity (Wildman–Crippen MR) is 470 cm³/mol. The normalized spacial score (nSPS) is 18.7. The van der Waals surface area contributed by atoms with E-state index in [9.17, 15) is 39.6 Å². The van der Waals surface area contributed by atoms with Crippen LogP contribution in [0.15, 0.2) is 227 Å². The summed E-state index contributed by atoms with van der Waals surface area (Å²) in [5.74, 6) is -0.744. The lowest BCUT2D eigenvalue weighted by atomic mass is 10.0. The average molecular weight is 1730 g/mol. The molecule has 3 aromatic heterocycles. The Hall–Kier alpha value is -10.7. The molecule has 0 radical (unpaired) electrons. The summed E-state index contributed by atoms with van der Waals surface area (Å²) in [6.45, 7) is 14.2. The maximum atomic E-state index is 12.9. The van der Waals surface area contributed by atoms with Crippen LogP contribution in [0.25, 0.3) is 69.1 Å². The van der Waals surface area contributed by atoms with Crippen LogP contribution in [-0.4, -0.2) is 219 Å². The van der Waals surface area contributed by atoms with Crippen molar-refractivity contribution in [3.8, 4) is 50.8 Å². The molecule has 0 saturated carbocycles. The van der Waals surface area contributed by atoms with Crippen molar-refractivity contribution in [3.63, 3.8) is 0 Å². The summed E-state index contributed by atoms with van der Waals surface area (Å²) in [6.07, 6.45) is 17.9. The highest BCUT2D eigenvalue weighted by atomic mass is 32.2. The number of aromatic nitrogens is 6. The molecule has 15 rings (SSSR count). The minimum atomic E-state index is -3.62. The molecule has 624 valence electrons. The second-order valence-electron chi connectivity index (χ2n) is 29.6. The summed E-state index contributed by atoms with van der Waals surface area (Å²) in [7, 11) is -1.83. The van der Waals surface area contributed by atoms with Crippen LogP contribution in [0.1, 0.15) is 89.8 Å². The molecule has 0 bridgehead atoms. The van der Waals surface area contributed by atoms with Gasteiger partial charge in [0.25, 0.3) is 29.7 Å². The van der Waals surface area contributed by atoms with Crippen molar-refractivity contribution in [2.75, 3.05) is 81.6 Å². The lowest BCUT2D eigenvalue weighted by molar-refractivity contribution is -0.135. The number of aliphatic imine (C=N–C) groups is 3. The zero-order valence-electron chi connectivity index (χ0n) is 67.8. The minimum Gasteiger partial charge on any atom is -0.481 e. The Balaban J connectivity index is 0.000000167. The second kappa shape index (κ2) is 39.5. The zero-order valence-corrected chi connectivity index (χ0v) is 72.7. The van der Waals surface area contributed by atoms with Gasteiger partial charge in [-0.25, -0.2) is 52.2 Å². The maximum absolute atomic E-state index is 12.9. The number of amidine groups is 3. The molecular weight excluding hydrogens is 1630 g/mol. The van der Waals surface area contributed by atoms with Crippen molar-refractivity contribution in [2.24, 2.45) is 32.7 Å². The number of sulfonamides is 3. The molecule has 0 aliphatic carbocycles. The number of rotatable bonds is 15. The number of nitrogens with zero attached hydrogens (tertiary/aromatic N) is 15. The molecule has 9 aromatic rings. The van der Waals surface area contributed by atoms with Gasteiger partial charge in [0.1, 0.15) is 17.1 Å². The quantitative estimate of drug-likeness (QED) is 0.0900. The van der Waals surface area contributed by atoms with Crippen LogP contribution in [0.2, 0.25) is 0 Å². The first-order valence-corrected chi connectivity index (χ1v) is 45.2. The number of likely N-dealkylation sites (tertiary alicyclic amines) is 3. The van der Waals surface area contributed by atoms with Crippen LogP contribution in [-0.2, 0) is 54.0 Å². The number of hydrogen-bond acceptors (Lipinski definition) is 20. The average Bonchev–Trinajstić information content (AvgIpc) is 1.66. The second-order valence-corrected chi connectivity index (χ2v) is 39.1. The molecule has 2 N–H and O–H groups in total. The molecule has 28 nitrogen and oxygen atoms in total. The van der Waals surface area contributed by atoms with Gasteiger partial charge in [-0.1, -0.05) is 112 Å². The van der Waals surface area contributed by atoms with E-state index in [1.165, 1.54) is 110 Å². The highest BCUT2D eigenvalue weighted by molar-refractivity contribution is 8.19. The van der Waals surface area contributed by atoms with E-state index in [1.807, 2.05) is 146 Å². The Morgan fingerprint density at radius 3 is 0.866 bits per heavy atom. The Bertz CT molecular complexity index is 5240. The van der Waals surface area contributed by atoms with Crippen LogP contribution in [0, 0.1) is 17.8 Å². The van der Waals surface area contributed by atoms with Gasteiger partial charge in [-0.2, -0.15) is 30.3 Å². The summed E-state index contributed by atoms with van der Waals surface area (Å²) >= 11 is 4.17. The SMILES string of the molecule is CC(=O)O.CC(=O)O.CC1CCCN(C2=NC(=O)/C(=C/c3cn(-c4ccccc4)nc3-c3cccc(S(=O)(=O)N(C)C)c3)S2)C1.CC1CCCN(C2=NC(=O)/C(=C/c3cn(-c4ccccc4)nc3-c3cccc(S(=O)(=O)N(C)C)c3)S2)C1.CC1CCCN(C2=NC(=O)/C(=C/c3cn(-c4ccccc4)nc3-c3cccc(S(=O)(=O)N(C)C)c3)S2)C1. The minimum absolute atomic E-state index is 0.180. The van der Waals surface area contributed by atoms with Crippen molar-refractivity contribution in [1.29, 1.82) is 0 Å². The van der Waals surface area contributed by atoms with E-state index in [-0.39, 0.29) is 32.4 Å². The molecule has 3 saturated heterocycles. The largest absolute Gasteiger partial charge is 0.481 e. The van der Waals surface area contributed by atoms with Crippen LogP contribution in [0.3, 0.4) is 0 Å². The fraction of sp³-hybridized carbons (Fsp3) is 0.306. The first kappa shape index (κ1) is 89.1. The molecule has 119 heavy (non-hydrogen) atoms. The molecule has 6 aromatic carbocycles. The first-order valence-electron chi connectivity index (χ1n) is 38.4. The third kappa shape index (κ3) is 22.6. The molecule has 3 fully saturated rings. The fourth-order valence-corrected chi connectivity index (χ4v) is 19.1. The summed E-state index contributed by atoms with van der Waals surface area (Å²) in [5, 5.41) is 31.5. The fourth-order valence-electron chi connectivity index (χ4n) is 13.4. The molecule has 34 heteroatoms. The number of amides is 3. The number of benzene rings is 6. The van der Waals surface area contributed by atoms with Crippen molar-refractivity contribution in [2.45, 2.75) is 87.8 Å². The Kier molecular flexibility index (Phi) is 29.5. The molecule has 3 amide bonds. The predicted octanol–water partition coefficient (Wildman–Crippen LogP) is 13.7. The van der Waals surface area contributed by atoms with Crippen LogP contribution in [0.5, 0.6) is 0 Å². The monoisotopic (exact) mass is 1730 g/mol. The number of aliphatic carboxylic acids is 2. The topological polar surface area (TPSA) is 338 Å². The van der Waals surface area contributed by atoms with Crippen LogP contribution in [0.4, 0.5) is 0 Å². The van der Waals surface area contributed by atoms with Gasteiger partial charge in [-0.15, -0.1) is 0 Å². The highest BCUT2D eigenvalue weighted by Gasteiger charge is 2.34. The lowest BCUT2D eigenvalue weighted by Gasteiger charge is -2.31. The lowest BCUT2D eigenvalue weighted by Crippen LogP contribution is -2.37. The van der Waals surface area contributed by atoms with E-state index < -0.39 is 42.0 Å². The van der Waals surface area contributed by atoms with Crippen LogP contribution < -0.4 is 0 Å². The number of para-hydroxylation sites is 3. The third-order valence-electron chi connectivity index (χ3n) is 19.4. The molecule has 6 aliphatic rings. The summed E-state index contributed by atoms with van der Waals surface area (Å²) in [4.78, 5) is 78.4. The van der Waals surface area contributed by atoms with Gasteiger partial charge < -0.3 is 24.9 Å². The molecule has 3 unspecified atom stereocenters. The molecular formula is C85H95N15O13S6. The number of thioether (sulfide) groups is 3. The van der Waals surface area contributed by atoms with Gasteiger partial charge in [0.2, 0.25) is 30.1 Å². The van der Waals surface area contributed by atoms with Crippen molar-refractivity contribution in [3.05, 3.63) is 214 Å². The third-order valence-corrected chi connectivity index (χ3v) is 28.0. The number of hydrogen-bond donors (Lipinski definition) is 2. The van der Waals surface area contributed by atoms with Gasteiger partial charge in [-0.05, 0) is 183 Å². The molecule has 6 aliphatic heterocycles. The van der Waals surface area contributed by atoms with Crippen molar-refractivity contribution >= 4 is 129 Å². The first-order chi connectivity index (χ1) is 56.6. The van der Waals surface area contributed by atoms with E-state index in [0.717, 1.165) is 105 Å². The number of carboxylic acids is 2. The van der Waals surface area contributed by atoms with Crippen molar-refractivity contribution < 1.29 is 59.4 Å². The molecule has 9 heterocycles. The molecule has 3 atom stereocenters. The van der Waals surface area contributed by atoms with E-state index in [4.69, 9.17) is 35.1 Å². The van der Waals surface area contributed by atoms with E-state index in [0.29, 0.717) is 82.9 Å². The van der Waals surface area contributed by atoms with E-state index in [1.54, 1.807) is 68.6 Å². The Morgan fingerprint density at radius 2 is 0.639 bits per heavy atom. The maximum Gasteiger partial charge on any atom is 0.300 e. The standard InChI is InChI=1S/3C27H29N5O3S2.2C2H4O2/c3*1-19-9-8-14-31(17-19)27-28-26(33)24(36-27)16-21-18-32(22-11-5-4-6-12-22)29-25(21)20-10-7-13-23(15-20)37(34,35)30(2)3;2*1-2(3)4/h3*4-7,10-13,15-16,18-19H,8-9,14,17H2,1-3H3;2*1H3,(H,3,4)/b3*24-16-;;. The number of carbonyl (C=O) groups excluding carboxylic acids is 3. The van der Waals surface area contributed by atoms with Gasteiger partial charge in [0.15, 0.2) is 15.5 Å². The van der Waals surface area contributed by atoms with E-state index in [2.05, 4.69) is 50.4 Å². The Morgan fingerprint density at radius 1 is 0.395 bits per heavy atom. The smallest absolute Gasteiger partial charge is 0.300 e. The van der Waals surface area contributed by atoms with Gasteiger partial charge in [0, 0.05) is 147 Å². The number of piperidine rings is 3. The summed E-state index contributed by atoms with van der Waals surface area (Å²) in [5.41, 5.74) is 8.39. The van der Waals surface area contributed by atoms with Gasteiger partial charge in [0.05, 0.1) is 46.5 Å². The highest BCUT2D eigenvalue weighted by Crippen LogP contribution is 2.40. The zero-order chi connectivity index (χ0) is 85.6. The summed E-state index contributed by atoms with van der Waals surface area (Å²) < 4.78 is 85.5. The van der Waals surface area contributed by atoms with Crippen molar-refractivity contribution in [1.82, 2.24) is 57.0 Å². The van der Waals surface area contributed by atoms with E-state index >= 15 is 0 Å². The number of carboxylic acid groups (broad SMARTS) is 2. The summed E-state index contributed by atoms with van der Waals surface area (Å²) in [6, 6.07) is 49.2. The number of carbonyl (C=O) groups is 5.